The second-order valence-corrected chi connectivity index (χ2v) is 9.27. The summed E-state index contributed by atoms with van der Waals surface area (Å²) in [6, 6.07) is 18.6. The molecule has 7 heteroatoms. The van der Waals surface area contributed by atoms with Gasteiger partial charge in [-0.15, -0.1) is 0 Å². The van der Waals surface area contributed by atoms with Crippen molar-refractivity contribution in [2.24, 2.45) is 0 Å². The molecule has 0 aliphatic carbocycles. The topological polar surface area (TPSA) is 79.6 Å². The molecule has 3 aromatic carbocycles. The summed E-state index contributed by atoms with van der Waals surface area (Å²) in [7, 11) is -3.65. The van der Waals surface area contributed by atoms with Crippen LogP contribution in [0.2, 0.25) is 0 Å². The van der Waals surface area contributed by atoms with Crippen LogP contribution in [0.3, 0.4) is 0 Å². The molecule has 30 heavy (non-hydrogen) atoms. The number of furan rings is 1. The van der Waals surface area contributed by atoms with Gasteiger partial charge in [0.25, 0.3) is 0 Å². The quantitative estimate of drug-likeness (QED) is 0.509. The van der Waals surface area contributed by atoms with Crippen molar-refractivity contribution in [2.45, 2.75) is 13.8 Å². The molecule has 1 aromatic heterocycles. The summed E-state index contributed by atoms with van der Waals surface area (Å²) >= 11 is 0. The van der Waals surface area contributed by atoms with Gasteiger partial charge in [0.1, 0.15) is 17.7 Å². The number of nitrogens with zero attached hydrogens (tertiary/aromatic N) is 1. The third-order valence-corrected chi connectivity index (χ3v) is 6.15. The second-order valence-electron chi connectivity index (χ2n) is 7.37. The monoisotopic (exact) mass is 422 g/mol. The van der Waals surface area contributed by atoms with Crippen LogP contribution in [0.25, 0.3) is 21.9 Å². The molecule has 4 rings (SSSR count). The third kappa shape index (κ3) is 3.76. The molecule has 154 valence electrons. The van der Waals surface area contributed by atoms with Crippen LogP contribution in [-0.4, -0.2) is 27.1 Å². The zero-order chi connectivity index (χ0) is 21.5. The van der Waals surface area contributed by atoms with Crippen molar-refractivity contribution in [3.8, 4) is 0 Å². The van der Waals surface area contributed by atoms with Gasteiger partial charge in [0.05, 0.1) is 11.9 Å². The van der Waals surface area contributed by atoms with Gasteiger partial charge < -0.3 is 9.73 Å². The van der Waals surface area contributed by atoms with Crippen LogP contribution in [0.15, 0.2) is 65.1 Å². The van der Waals surface area contributed by atoms with Gasteiger partial charge in [0.2, 0.25) is 15.9 Å². The van der Waals surface area contributed by atoms with E-state index in [0.717, 1.165) is 38.0 Å². The third-order valence-electron chi connectivity index (χ3n) is 5.04. The lowest BCUT2D eigenvalue weighted by Gasteiger charge is -2.25. The highest BCUT2D eigenvalue weighted by Gasteiger charge is 2.24. The Bertz CT molecular complexity index is 1350. The van der Waals surface area contributed by atoms with Gasteiger partial charge in [0.15, 0.2) is 0 Å². The van der Waals surface area contributed by atoms with Crippen molar-refractivity contribution >= 4 is 49.2 Å². The molecule has 1 heterocycles. The maximum absolute atomic E-state index is 12.7. The molecule has 0 saturated heterocycles. The molecule has 0 bridgehead atoms. The number of fused-ring (bicyclic) bond motifs is 3. The van der Waals surface area contributed by atoms with Crippen molar-refractivity contribution < 1.29 is 17.6 Å². The molecule has 6 nitrogen and oxygen atoms in total. The first-order chi connectivity index (χ1) is 14.2. The fourth-order valence-corrected chi connectivity index (χ4v) is 4.67. The molecule has 0 fully saturated rings. The van der Waals surface area contributed by atoms with Crippen LogP contribution in [0.5, 0.6) is 0 Å². The summed E-state index contributed by atoms with van der Waals surface area (Å²) in [4.78, 5) is 12.7. The second kappa shape index (κ2) is 7.50. The Balaban J connectivity index is 1.61. The summed E-state index contributed by atoms with van der Waals surface area (Å²) < 4.78 is 31.9. The number of hydrogen-bond acceptors (Lipinski definition) is 4. The smallest absolute Gasteiger partial charge is 0.245 e. The number of anilines is 2. The Morgan fingerprint density at radius 1 is 0.933 bits per heavy atom. The molecule has 0 atom stereocenters. The highest BCUT2D eigenvalue weighted by Crippen LogP contribution is 2.30. The Hall–Kier alpha value is -3.32. The standard InChI is InChI=1S/C23H22N2O4S/c1-15-7-6-8-16(2)23(15)25(30(3,27)28)14-22(26)24-17-11-12-19-18-9-4-5-10-20(18)29-21(19)13-17/h4-13H,14H2,1-3H3,(H,24,26). The number of benzene rings is 3. The SMILES string of the molecule is Cc1cccc(C)c1N(CC(=O)Nc1ccc2c(c1)oc1ccccc12)S(C)(=O)=O. The van der Waals surface area contributed by atoms with E-state index in [9.17, 15) is 13.2 Å². The first kappa shape index (κ1) is 20.0. The summed E-state index contributed by atoms with van der Waals surface area (Å²) in [6.07, 6.45) is 1.10. The largest absolute Gasteiger partial charge is 0.456 e. The van der Waals surface area contributed by atoms with Crippen molar-refractivity contribution in [3.05, 3.63) is 71.8 Å². The molecule has 4 aromatic rings. The van der Waals surface area contributed by atoms with Crippen LogP contribution < -0.4 is 9.62 Å². The number of carbonyl (C=O) groups excluding carboxylic acids is 1. The van der Waals surface area contributed by atoms with E-state index in [0.29, 0.717) is 17.0 Å². The van der Waals surface area contributed by atoms with Crippen molar-refractivity contribution in [2.75, 3.05) is 22.4 Å². The summed E-state index contributed by atoms with van der Waals surface area (Å²) in [5, 5.41) is 4.74. The molecular formula is C23H22N2O4S. The maximum Gasteiger partial charge on any atom is 0.245 e. The fraction of sp³-hybridized carbons (Fsp3) is 0.174. The Morgan fingerprint density at radius 2 is 1.60 bits per heavy atom. The molecule has 0 saturated carbocycles. The van der Waals surface area contributed by atoms with Crippen LogP contribution in [0, 0.1) is 13.8 Å². The van der Waals surface area contributed by atoms with Crippen molar-refractivity contribution in [3.63, 3.8) is 0 Å². The minimum absolute atomic E-state index is 0.317. The van der Waals surface area contributed by atoms with E-state index in [1.165, 1.54) is 0 Å². The van der Waals surface area contributed by atoms with Crippen molar-refractivity contribution in [1.82, 2.24) is 0 Å². The Kier molecular flexibility index (Phi) is 4.99. The Morgan fingerprint density at radius 3 is 2.30 bits per heavy atom. The highest BCUT2D eigenvalue weighted by atomic mass is 32.2. The van der Waals surface area contributed by atoms with E-state index < -0.39 is 15.9 Å². The van der Waals surface area contributed by atoms with E-state index in [4.69, 9.17) is 4.42 Å². The lowest BCUT2D eigenvalue weighted by atomic mass is 10.1. The average Bonchev–Trinajstić information content (AvgIpc) is 3.04. The van der Waals surface area contributed by atoms with Crippen LogP contribution >= 0.6 is 0 Å². The first-order valence-electron chi connectivity index (χ1n) is 9.49. The normalized spacial score (nSPS) is 11.7. The average molecular weight is 423 g/mol. The molecule has 0 aliphatic rings. The lowest BCUT2D eigenvalue weighted by molar-refractivity contribution is -0.114. The molecule has 1 amide bonds. The predicted octanol–water partition coefficient (Wildman–Crippen LogP) is 4.61. The molecule has 0 aliphatic heterocycles. The predicted molar refractivity (Wildman–Crippen MR) is 120 cm³/mol. The number of carbonyl (C=O) groups is 1. The first-order valence-corrected chi connectivity index (χ1v) is 11.3. The van der Waals surface area contributed by atoms with E-state index in [1.807, 2.05) is 62.4 Å². The van der Waals surface area contributed by atoms with Gasteiger partial charge in [-0.25, -0.2) is 8.42 Å². The molecule has 0 unspecified atom stereocenters. The number of aryl methyl sites for hydroxylation is 2. The number of sulfonamides is 1. The minimum Gasteiger partial charge on any atom is -0.456 e. The van der Waals surface area contributed by atoms with Crippen molar-refractivity contribution in [1.29, 1.82) is 0 Å². The van der Waals surface area contributed by atoms with E-state index in [2.05, 4.69) is 5.32 Å². The zero-order valence-electron chi connectivity index (χ0n) is 17.0. The van der Waals surface area contributed by atoms with Gasteiger partial charge in [-0.05, 0) is 43.2 Å². The summed E-state index contributed by atoms with van der Waals surface area (Å²) in [6.45, 7) is 3.34. The molecule has 1 N–H and O–H groups in total. The van der Waals surface area contributed by atoms with Crippen LogP contribution in [0.1, 0.15) is 11.1 Å². The lowest BCUT2D eigenvalue weighted by Crippen LogP contribution is -2.38. The van der Waals surface area contributed by atoms with E-state index in [-0.39, 0.29) is 6.54 Å². The van der Waals surface area contributed by atoms with Gasteiger partial charge in [-0.2, -0.15) is 0 Å². The number of rotatable bonds is 5. The van der Waals surface area contributed by atoms with Crippen LogP contribution in [-0.2, 0) is 14.8 Å². The van der Waals surface area contributed by atoms with E-state index >= 15 is 0 Å². The molecular weight excluding hydrogens is 400 g/mol. The number of amides is 1. The fourth-order valence-electron chi connectivity index (χ4n) is 3.70. The van der Waals surface area contributed by atoms with Crippen LogP contribution in [0.4, 0.5) is 11.4 Å². The molecule has 0 radical (unpaired) electrons. The number of hydrogen-bond donors (Lipinski definition) is 1. The molecule has 0 spiro atoms. The van der Waals surface area contributed by atoms with Gasteiger partial charge in [-0.1, -0.05) is 36.4 Å². The zero-order valence-corrected chi connectivity index (χ0v) is 17.8. The maximum atomic E-state index is 12.7. The minimum atomic E-state index is -3.65. The summed E-state index contributed by atoms with van der Waals surface area (Å²) in [5.41, 5.74) is 4.08. The Labute approximate surface area is 175 Å². The van der Waals surface area contributed by atoms with Gasteiger partial charge in [-0.3, -0.25) is 9.10 Å². The highest BCUT2D eigenvalue weighted by molar-refractivity contribution is 7.92. The van der Waals surface area contributed by atoms with E-state index in [1.54, 1.807) is 12.1 Å². The number of para-hydroxylation sites is 2. The van der Waals surface area contributed by atoms with Gasteiger partial charge in [0, 0.05) is 22.5 Å². The summed E-state index contributed by atoms with van der Waals surface area (Å²) in [5.74, 6) is -0.432. The number of nitrogens with one attached hydrogen (secondary N) is 1. The van der Waals surface area contributed by atoms with Gasteiger partial charge >= 0.3 is 0 Å².